The lowest BCUT2D eigenvalue weighted by Crippen LogP contribution is -2.37. The molecular formula is C15H15N3O2. The minimum Gasteiger partial charge on any atom is -0.377 e. The molecule has 1 aromatic heterocycles. The number of methoxy groups -OCH3 is 1. The Labute approximate surface area is 117 Å². The maximum Gasteiger partial charge on any atom is 0.278 e. The molecule has 0 saturated heterocycles. The van der Waals surface area contributed by atoms with Gasteiger partial charge in [-0.3, -0.25) is 9.78 Å². The Kier molecular flexibility index (Phi) is 3.43. The lowest BCUT2D eigenvalue weighted by Gasteiger charge is -2.33. The van der Waals surface area contributed by atoms with Crippen molar-refractivity contribution in [3.63, 3.8) is 0 Å². The van der Waals surface area contributed by atoms with Gasteiger partial charge in [-0.25, -0.2) is 4.98 Å². The summed E-state index contributed by atoms with van der Waals surface area (Å²) in [5.41, 5.74) is 2.29. The minimum absolute atomic E-state index is 0.0390. The number of anilines is 1. The number of para-hydroxylation sites is 1. The predicted molar refractivity (Wildman–Crippen MR) is 74.5 cm³/mol. The fraction of sp³-hybridized carbons (Fsp3) is 0.267. The van der Waals surface area contributed by atoms with E-state index in [0.717, 1.165) is 17.7 Å². The standard InChI is InChI=1S/C15H15N3O2/c1-20-14-6-9-18(13-5-3-2-4-11(13)14)15(19)12-10-16-7-8-17-12/h2-5,7-8,10,14H,6,9H2,1H3. The summed E-state index contributed by atoms with van der Waals surface area (Å²) in [6.45, 7) is 0.616. The molecule has 2 aromatic rings. The number of benzene rings is 1. The molecule has 5 heteroatoms. The highest BCUT2D eigenvalue weighted by molar-refractivity contribution is 6.05. The summed E-state index contributed by atoms with van der Waals surface area (Å²) in [5.74, 6) is -0.125. The molecule has 5 nitrogen and oxygen atoms in total. The highest BCUT2D eigenvalue weighted by Crippen LogP contribution is 2.35. The molecule has 0 bridgehead atoms. The first kappa shape index (κ1) is 12.7. The van der Waals surface area contributed by atoms with Crippen LogP contribution in [0.1, 0.15) is 28.6 Å². The van der Waals surface area contributed by atoms with Gasteiger partial charge in [0.25, 0.3) is 5.91 Å². The molecule has 0 aliphatic carbocycles. The van der Waals surface area contributed by atoms with Crippen LogP contribution in [0.25, 0.3) is 0 Å². The first-order chi connectivity index (χ1) is 9.81. The van der Waals surface area contributed by atoms with E-state index in [1.54, 1.807) is 18.2 Å². The maximum absolute atomic E-state index is 12.5. The Balaban J connectivity index is 1.98. The Morgan fingerprint density at radius 3 is 2.95 bits per heavy atom. The van der Waals surface area contributed by atoms with E-state index >= 15 is 0 Å². The van der Waals surface area contributed by atoms with Gasteiger partial charge >= 0.3 is 0 Å². The van der Waals surface area contributed by atoms with Gasteiger partial charge in [0.2, 0.25) is 0 Å². The van der Waals surface area contributed by atoms with Crippen LogP contribution < -0.4 is 4.90 Å². The molecule has 0 saturated carbocycles. The van der Waals surface area contributed by atoms with Crippen LogP contribution in [0.3, 0.4) is 0 Å². The van der Waals surface area contributed by atoms with Crippen molar-refractivity contribution < 1.29 is 9.53 Å². The molecule has 102 valence electrons. The molecule has 1 aliphatic rings. The zero-order valence-electron chi connectivity index (χ0n) is 11.2. The summed E-state index contributed by atoms with van der Waals surface area (Å²) in [5, 5.41) is 0. The Morgan fingerprint density at radius 1 is 1.35 bits per heavy atom. The van der Waals surface area contributed by atoms with E-state index in [4.69, 9.17) is 4.74 Å². The molecule has 1 aliphatic heterocycles. The summed E-state index contributed by atoms with van der Waals surface area (Å²) in [6.07, 6.45) is 5.40. The van der Waals surface area contributed by atoms with E-state index in [9.17, 15) is 4.79 Å². The van der Waals surface area contributed by atoms with Crippen molar-refractivity contribution in [2.24, 2.45) is 0 Å². The molecular weight excluding hydrogens is 254 g/mol. The van der Waals surface area contributed by atoms with Crippen molar-refractivity contribution in [2.75, 3.05) is 18.6 Å². The van der Waals surface area contributed by atoms with Crippen molar-refractivity contribution in [1.82, 2.24) is 9.97 Å². The van der Waals surface area contributed by atoms with Gasteiger partial charge in [0.05, 0.1) is 12.3 Å². The van der Waals surface area contributed by atoms with Gasteiger partial charge in [-0.2, -0.15) is 0 Å². The topological polar surface area (TPSA) is 55.3 Å². The third kappa shape index (κ3) is 2.16. The van der Waals surface area contributed by atoms with E-state index < -0.39 is 0 Å². The molecule has 3 rings (SSSR count). The van der Waals surface area contributed by atoms with Crippen LogP contribution in [0.4, 0.5) is 5.69 Å². The molecule has 20 heavy (non-hydrogen) atoms. The minimum atomic E-state index is -0.125. The first-order valence-electron chi connectivity index (χ1n) is 6.51. The van der Waals surface area contributed by atoms with Crippen LogP contribution >= 0.6 is 0 Å². The SMILES string of the molecule is COC1CCN(C(=O)c2cnccn2)c2ccccc21. The van der Waals surface area contributed by atoms with Crippen molar-refractivity contribution in [3.05, 3.63) is 54.1 Å². The van der Waals surface area contributed by atoms with Crippen molar-refractivity contribution in [3.8, 4) is 0 Å². The molecule has 0 N–H and O–H groups in total. The molecule has 0 spiro atoms. The van der Waals surface area contributed by atoms with Gasteiger partial charge in [0.15, 0.2) is 0 Å². The highest BCUT2D eigenvalue weighted by Gasteiger charge is 2.29. The molecule has 0 radical (unpaired) electrons. The first-order valence-corrected chi connectivity index (χ1v) is 6.51. The number of rotatable bonds is 2. The Bertz CT molecular complexity index is 616. The molecule has 2 heterocycles. The van der Waals surface area contributed by atoms with Gasteiger partial charge < -0.3 is 9.64 Å². The van der Waals surface area contributed by atoms with Crippen molar-refractivity contribution in [1.29, 1.82) is 0 Å². The number of aromatic nitrogens is 2. The number of amides is 1. The zero-order chi connectivity index (χ0) is 13.9. The summed E-state index contributed by atoms with van der Waals surface area (Å²) in [4.78, 5) is 22.3. The fourth-order valence-corrected chi connectivity index (χ4v) is 2.53. The Morgan fingerprint density at radius 2 is 2.20 bits per heavy atom. The number of hydrogen-bond acceptors (Lipinski definition) is 4. The van der Waals surface area contributed by atoms with Gasteiger partial charge in [-0.15, -0.1) is 0 Å². The maximum atomic E-state index is 12.5. The van der Waals surface area contributed by atoms with Crippen LogP contribution in [-0.2, 0) is 4.74 Å². The van der Waals surface area contributed by atoms with Crippen LogP contribution in [0.15, 0.2) is 42.9 Å². The van der Waals surface area contributed by atoms with Crippen LogP contribution in [0.5, 0.6) is 0 Å². The van der Waals surface area contributed by atoms with Crippen molar-refractivity contribution in [2.45, 2.75) is 12.5 Å². The average molecular weight is 269 g/mol. The second-order valence-electron chi connectivity index (χ2n) is 4.62. The molecule has 1 unspecified atom stereocenters. The summed E-state index contributed by atoms with van der Waals surface area (Å²) in [6, 6.07) is 7.82. The summed E-state index contributed by atoms with van der Waals surface area (Å²) in [7, 11) is 1.70. The number of ether oxygens (including phenoxy) is 1. The average Bonchev–Trinajstić information content (AvgIpc) is 2.54. The van der Waals surface area contributed by atoms with E-state index in [1.165, 1.54) is 12.4 Å². The monoisotopic (exact) mass is 269 g/mol. The van der Waals surface area contributed by atoms with Gasteiger partial charge in [-0.1, -0.05) is 18.2 Å². The second-order valence-corrected chi connectivity index (χ2v) is 4.62. The predicted octanol–water partition coefficient (Wildman–Crippen LogP) is 2.21. The number of fused-ring (bicyclic) bond motifs is 1. The van der Waals surface area contributed by atoms with Crippen LogP contribution in [0.2, 0.25) is 0 Å². The van der Waals surface area contributed by atoms with E-state index in [2.05, 4.69) is 9.97 Å². The van der Waals surface area contributed by atoms with E-state index in [1.807, 2.05) is 24.3 Å². The lowest BCUT2D eigenvalue weighted by atomic mass is 9.98. The lowest BCUT2D eigenvalue weighted by molar-refractivity contribution is 0.0865. The van der Waals surface area contributed by atoms with Gasteiger partial charge in [0, 0.05) is 37.3 Å². The molecule has 1 aromatic carbocycles. The van der Waals surface area contributed by atoms with Crippen LogP contribution in [-0.4, -0.2) is 29.5 Å². The summed E-state index contributed by atoms with van der Waals surface area (Å²) < 4.78 is 5.49. The van der Waals surface area contributed by atoms with E-state index in [0.29, 0.717) is 12.2 Å². The second kappa shape index (κ2) is 5.38. The number of hydrogen-bond donors (Lipinski definition) is 0. The molecule has 0 fully saturated rings. The third-order valence-electron chi connectivity index (χ3n) is 3.50. The molecule has 1 amide bonds. The molecule has 1 atom stereocenters. The number of carbonyl (C=O) groups is 1. The summed E-state index contributed by atoms with van der Waals surface area (Å²) >= 11 is 0. The quantitative estimate of drug-likeness (QED) is 0.838. The largest absolute Gasteiger partial charge is 0.377 e. The fourth-order valence-electron chi connectivity index (χ4n) is 2.53. The van der Waals surface area contributed by atoms with E-state index in [-0.39, 0.29) is 12.0 Å². The van der Waals surface area contributed by atoms with Gasteiger partial charge in [-0.05, 0) is 12.5 Å². The number of nitrogens with zero attached hydrogens (tertiary/aromatic N) is 3. The normalized spacial score (nSPS) is 17.6. The Hall–Kier alpha value is -2.27. The van der Waals surface area contributed by atoms with Crippen LogP contribution in [0, 0.1) is 0 Å². The number of carbonyl (C=O) groups excluding carboxylic acids is 1. The van der Waals surface area contributed by atoms with Crippen molar-refractivity contribution >= 4 is 11.6 Å². The third-order valence-corrected chi connectivity index (χ3v) is 3.50. The highest BCUT2D eigenvalue weighted by atomic mass is 16.5. The zero-order valence-corrected chi connectivity index (χ0v) is 11.2. The van der Waals surface area contributed by atoms with Gasteiger partial charge in [0.1, 0.15) is 5.69 Å². The smallest absolute Gasteiger partial charge is 0.278 e.